The standard InChI is InChI=1S/C8H18S/c1-4-8(5-6-9)7(2)3/h7-9H,4-6H2,1-3H3. The van der Waals surface area contributed by atoms with Gasteiger partial charge in [-0.3, -0.25) is 0 Å². The van der Waals surface area contributed by atoms with Crippen molar-refractivity contribution in [1.29, 1.82) is 0 Å². The Morgan fingerprint density at radius 1 is 1.33 bits per heavy atom. The molecule has 0 N–H and O–H groups in total. The molecule has 0 amide bonds. The van der Waals surface area contributed by atoms with Crippen molar-refractivity contribution >= 4 is 12.6 Å². The minimum atomic E-state index is 0.835. The molecule has 0 radical (unpaired) electrons. The van der Waals surface area contributed by atoms with Crippen LogP contribution in [-0.4, -0.2) is 5.75 Å². The summed E-state index contributed by atoms with van der Waals surface area (Å²) in [6, 6.07) is 0. The predicted octanol–water partition coefficient (Wildman–Crippen LogP) is 2.99. The Kier molecular flexibility index (Phi) is 5.36. The van der Waals surface area contributed by atoms with Gasteiger partial charge in [-0.15, -0.1) is 0 Å². The Morgan fingerprint density at radius 2 is 1.89 bits per heavy atom. The van der Waals surface area contributed by atoms with Crippen LogP contribution in [0.4, 0.5) is 0 Å². The highest BCUT2D eigenvalue weighted by Crippen LogP contribution is 2.18. The second-order valence-electron chi connectivity index (χ2n) is 2.92. The van der Waals surface area contributed by atoms with Gasteiger partial charge in [0, 0.05) is 0 Å². The van der Waals surface area contributed by atoms with Crippen LogP contribution < -0.4 is 0 Å². The van der Waals surface area contributed by atoms with Gasteiger partial charge in [0.2, 0.25) is 0 Å². The average Bonchev–Trinajstić information content (AvgIpc) is 1.82. The molecule has 56 valence electrons. The van der Waals surface area contributed by atoms with Gasteiger partial charge < -0.3 is 0 Å². The van der Waals surface area contributed by atoms with E-state index in [9.17, 15) is 0 Å². The zero-order valence-electron chi connectivity index (χ0n) is 6.72. The molecule has 0 rings (SSSR count). The number of hydrogen-bond donors (Lipinski definition) is 1. The molecule has 1 atom stereocenters. The summed E-state index contributed by atoms with van der Waals surface area (Å²) in [5.41, 5.74) is 0. The first kappa shape index (κ1) is 9.35. The molecule has 0 aromatic carbocycles. The van der Waals surface area contributed by atoms with Crippen LogP contribution in [-0.2, 0) is 0 Å². The van der Waals surface area contributed by atoms with Crippen molar-refractivity contribution in [3.63, 3.8) is 0 Å². The monoisotopic (exact) mass is 146 g/mol. The molecule has 0 heterocycles. The number of thiol groups is 1. The molecule has 0 aliphatic heterocycles. The lowest BCUT2D eigenvalue weighted by Crippen LogP contribution is -2.07. The summed E-state index contributed by atoms with van der Waals surface area (Å²) in [4.78, 5) is 0. The van der Waals surface area contributed by atoms with Crippen LogP contribution in [0.25, 0.3) is 0 Å². The topological polar surface area (TPSA) is 0 Å². The van der Waals surface area contributed by atoms with E-state index in [1.807, 2.05) is 0 Å². The minimum absolute atomic E-state index is 0.835. The van der Waals surface area contributed by atoms with E-state index in [0.29, 0.717) is 0 Å². The maximum atomic E-state index is 4.21. The van der Waals surface area contributed by atoms with E-state index in [1.54, 1.807) is 0 Å². The summed E-state index contributed by atoms with van der Waals surface area (Å²) in [6.07, 6.45) is 2.58. The fourth-order valence-corrected chi connectivity index (χ4v) is 1.51. The van der Waals surface area contributed by atoms with Crippen molar-refractivity contribution in [2.24, 2.45) is 11.8 Å². The first-order valence-electron chi connectivity index (χ1n) is 3.83. The van der Waals surface area contributed by atoms with Gasteiger partial charge in [-0.25, -0.2) is 0 Å². The third-order valence-corrected chi connectivity index (χ3v) is 2.23. The molecule has 0 fully saturated rings. The highest BCUT2D eigenvalue weighted by atomic mass is 32.1. The molecule has 0 nitrogen and oxygen atoms in total. The molecule has 1 unspecified atom stereocenters. The largest absolute Gasteiger partial charge is 0.179 e. The van der Waals surface area contributed by atoms with E-state index in [4.69, 9.17) is 0 Å². The normalized spacial score (nSPS) is 14.3. The summed E-state index contributed by atoms with van der Waals surface area (Å²) in [5, 5.41) is 0. The molecule has 0 aromatic heterocycles. The highest BCUT2D eigenvalue weighted by Gasteiger charge is 2.08. The first-order valence-corrected chi connectivity index (χ1v) is 4.46. The van der Waals surface area contributed by atoms with Gasteiger partial charge >= 0.3 is 0 Å². The van der Waals surface area contributed by atoms with Crippen molar-refractivity contribution in [3.05, 3.63) is 0 Å². The number of hydrogen-bond acceptors (Lipinski definition) is 1. The van der Waals surface area contributed by atoms with Gasteiger partial charge in [0.1, 0.15) is 0 Å². The van der Waals surface area contributed by atoms with E-state index < -0.39 is 0 Å². The summed E-state index contributed by atoms with van der Waals surface area (Å²) in [6.45, 7) is 6.84. The van der Waals surface area contributed by atoms with E-state index in [-0.39, 0.29) is 0 Å². The maximum absolute atomic E-state index is 4.21. The van der Waals surface area contributed by atoms with Crippen molar-refractivity contribution in [3.8, 4) is 0 Å². The Bertz CT molecular complexity index is 59.6. The zero-order chi connectivity index (χ0) is 7.28. The quantitative estimate of drug-likeness (QED) is 0.579. The molecular weight excluding hydrogens is 128 g/mol. The van der Waals surface area contributed by atoms with E-state index in [1.165, 1.54) is 12.8 Å². The van der Waals surface area contributed by atoms with Crippen molar-refractivity contribution in [2.45, 2.75) is 33.6 Å². The van der Waals surface area contributed by atoms with Crippen molar-refractivity contribution in [1.82, 2.24) is 0 Å². The lowest BCUT2D eigenvalue weighted by Gasteiger charge is -2.16. The molecular formula is C8H18S. The van der Waals surface area contributed by atoms with Crippen LogP contribution in [0.15, 0.2) is 0 Å². The van der Waals surface area contributed by atoms with Crippen LogP contribution in [0.2, 0.25) is 0 Å². The van der Waals surface area contributed by atoms with Gasteiger partial charge in [-0.1, -0.05) is 27.2 Å². The third-order valence-electron chi connectivity index (χ3n) is 1.97. The first-order chi connectivity index (χ1) is 4.22. The molecule has 0 aliphatic rings. The van der Waals surface area contributed by atoms with Gasteiger partial charge in [-0.05, 0) is 24.0 Å². The second kappa shape index (κ2) is 5.16. The molecule has 0 saturated heterocycles. The van der Waals surface area contributed by atoms with Crippen LogP contribution in [0.5, 0.6) is 0 Å². The lowest BCUT2D eigenvalue weighted by molar-refractivity contribution is 0.365. The molecule has 0 aliphatic carbocycles. The van der Waals surface area contributed by atoms with E-state index in [0.717, 1.165) is 17.6 Å². The van der Waals surface area contributed by atoms with Crippen LogP contribution in [0, 0.1) is 11.8 Å². The molecule has 0 aromatic rings. The summed E-state index contributed by atoms with van der Waals surface area (Å²) < 4.78 is 0. The Morgan fingerprint density at radius 3 is 2.00 bits per heavy atom. The van der Waals surface area contributed by atoms with Gasteiger partial charge in [0.15, 0.2) is 0 Å². The molecule has 0 saturated carbocycles. The zero-order valence-corrected chi connectivity index (χ0v) is 7.62. The fourth-order valence-electron chi connectivity index (χ4n) is 1.17. The summed E-state index contributed by atoms with van der Waals surface area (Å²) >= 11 is 4.21. The van der Waals surface area contributed by atoms with Gasteiger partial charge in [-0.2, -0.15) is 12.6 Å². The second-order valence-corrected chi connectivity index (χ2v) is 3.37. The molecule has 9 heavy (non-hydrogen) atoms. The number of rotatable bonds is 4. The summed E-state index contributed by atoms with van der Waals surface area (Å²) in [5.74, 6) is 2.76. The van der Waals surface area contributed by atoms with E-state index in [2.05, 4.69) is 33.4 Å². The molecule has 0 bridgehead atoms. The summed E-state index contributed by atoms with van der Waals surface area (Å²) in [7, 11) is 0. The maximum Gasteiger partial charge on any atom is -0.00952 e. The van der Waals surface area contributed by atoms with Crippen LogP contribution in [0.3, 0.4) is 0 Å². The minimum Gasteiger partial charge on any atom is -0.179 e. The van der Waals surface area contributed by atoms with Crippen LogP contribution in [0.1, 0.15) is 33.6 Å². The molecule has 0 spiro atoms. The highest BCUT2D eigenvalue weighted by molar-refractivity contribution is 7.80. The van der Waals surface area contributed by atoms with E-state index >= 15 is 0 Å². The fraction of sp³-hybridized carbons (Fsp3) is 1.00. The average molecular weight is 146 g/mol. The van der Waals surface area contributed by atoms with Gasteiger partial charge in [0.05, 0.1) is 0 Å². The molecule has 1 heteroatoms. The van der Waals surface area contributed by atoms with Crippen molar-refractivity contribution < 1.29 is 0 Å². The Hall–Kier alpha value is 0.350. The predicted molar refractivity (Wildman–Crippen MR) is 47.1 cm³/mol. The SMILES string of the molecule is CCC(CCS)C(C)C. The Balaban J connectivity index is 3.41. The van der Waals surface area contributed by atoms with Crippen molar-refractivity contribution in [2.75, 3.05) is 5.75 Å². The lowest BCUT2D eigenvalue weighted by atomic mass is 9.91. The Labute approximate surface area is 64.4 Å². The third kappa shape index (κ3) is 3.85. The van der Waals surface area contributed by atoms with Gasteiger partial charge in [0.25, 0.3) is 0 Å². The van der Waals surface area contributed by atoms with Crippen LogP contribution >= 0.6 is 12.6 Å². The smallest absolute Gasteiger partial charge is 0.00952 e.